The van der Waals surface area contributed by atoms with Crippen LogP contribution in [0.15, 0.2) is 40.1 Å². The van der Waals surface area contributed by atoms with E-state index in [1.165, 1.54) is 36.1 Å². The number of rotatable bonds is 9. The fourth-order valence-corrected chi connectivity index (χ4v) is 3.21. The number of aromatic nitrogens is 3. The number of carbonyl (C=O) groups excluding carboxylic acids is 1. The predicted molar refractivity (Wildman–Crippen MR) is 113 cm³/mol. The van der Waals surface area contributed by atoms with Gasteiger partial charge in [0.2, 0.25) is 0 Å². The Labute approximate surface area is 181 Å². The molecule has 0 saturated heterocycles. The lowest BCUT2D eigenvalue weighted by Gasteiger charge is -2.12. The second kappa shape index (κ2) is 10.0. The Bertz CT molecular complexity index is 1240. The third kappa shape index (κ3) is 5.10. The monoisotopic (exact) mass is 448 g/mol. The van der Waals surface area contributed by atoms with Crippen LogP contribution in [-0.4, -0.2) is 40.7 Å². The van der Waals surface area contributed by atoms with Crippen LogP contribution in [0, 0.1) is 0 Å². The number of halogens is 2. The summed E-state index contributed by atoms with van der Waals surface area (Å²) < 4.78 is 35.9. The Morgan fingerprint density at radius 2 is 2.03 bits per heavy atom. The van der Waals surface area contributed by atoms with Gasteiger partial charge < -0.3 is 14.8 Å². The highest BCUT2D eigenvalue weighted by atomic mass is 19.3. The standard InChI is InChI=1S/C21H22F2N4O5/c1-3-8-27-17-14(19(29)26-21(27)30)10-13(11-25-17)18(28)24-7-6-12-4-5-15(31-2)16(9-12)32-20(22)23/h4-5,9-11,20H,3,6-8H2,1-2H3,(H,24,28)(H,26,29,30). The Hall–Kier alpha value is -3.76. The van der Waals surface area contributed by atoms with Crippen molar-refractivity contribution in [2.45, 2.75) is 32.9 Å². The molecule has 0 bridgehead atoms. The number of fused-ring (bicyclic) bond motifs is 1. The number of benzene rings is 1. The molecule has 1 amide bonds. The SMILES string of the molecule is CCCn1c(=O)[nH]c(=O)c2cc(C(=O)NCCc3ccc(OC)c(OC(F)F)c3)cnc21. The van der Waals surface area contributed by atoms with Gasteiger partial charge in [0.15, 0.2) is 11.5 Å². The molecule has 0 atom stereocenters. The Balaban J connectivity index is 1.73. The molecule has 0 spiro atoms. The molecule has 0 saturated carbocycles. The third-order valence-corrected chi connectivity index (χ3v) is 4.69. The van der Waals surface area contributed by atoms with Gasteiger partial charge in [0, 0.05) is 19.3 Å². The number of carbonyl (C=O) groups is 1. The average molecular weight is 448 g/mol. The van der Waals surface area contributed by atoms with Crippen molar-refractivity contribution in [2.24, 2.45) is 0 Å². The maximum atomic E-state index is 12.6. The van der Waals surface area contributed by atoms with E-state index in [2.05, 4.69) is 20.0 Å². The van der Waals surface area contributed by atoms with Gasteiger partial charge in [-0.1, -0.05) is 13.0 Å². The van der Waals surface area contributed by atoms with E-state index in [1.807, 2.05) is 6.92 Å². The normalized spacial score (nSPS) is 11.0. The molecule has 3 aromatic rings. The molecule has 2 N–H and O–H groups in total. The molecule has 170 valence electrons. The lowest BCUT2D eigenvalue weighted by atomic mass is 10.1. The van der Waals surface area contributed by atoms with Crippen molar-refractivity contribution in [3.8, 4) is 11.5 Å². The molecular weight excluding hydrogens is 426 g/mol. The molecular formula is C21H22F2N4O5. The van der Waals surface area contributed by atoms with Crippen molar-refractivity contribution in [2.75, 3.05) is 13.7 Å². The van der Waals surface area contributed by atoms with E-state index in [0.717, 1.165) is 0 Å². The highest BCUT2D eigenvalue weighted by Crippen LogP contribution is 2.29. The second-order valence-corrected chi connectivity index (χ2v) is 6.88. The molecule has 0 aliphatic rings. The molecule has 0 aliphatic heterocycles. The van der Waals surface area contributed by atoms with Crippen molar-refractivity contribution >= 4 is 16.9 Å². The molecule has 0 radical (unpaired) electrons. The maximum absolute atomic E-state index is 12.6. The summed E-state index contributed by atoms with van der Waals surface area (Å²) in [4.78, 5) is 43.0. The van der Waals surface area contributed by atoms with Crippen LogP contribution in [0.5, 0.6) is 11.5 Å². The summed E-state index contributed by atoms with van der Waals surface area (Å²) >= 11 is 0. The summed E-state index contributed by atoms with van der Waals surface area (Å²) in [6.45, 7) is -0.528. The van der Waals surface area contributed by atoms with E-state index in [1.54, 1.807) is 6.07 Å². The van der Waals surface area contributed by atoms with Gasteiger partial charge in [0.25, 0.3) is 11.5 Å². The van der Waals surface area contributed by atoms with E-state index < -0.39 is 23.8 Å². The first-order valence-electron chi connectivity index (χ1n) is 9.86. The number of hydrogen-bond acceptors (Lipinski definition) is 6. The molecule has 0 fully saturated rings. The van der Waals surface area contributed by atoms with E-state index in [4.69, 9.17) is 4.74 Å². The van der Waals surface area contributed by atoms with Crippen LogP contribution in [0.3, 0.4) is 0 Å². The zero-order valence-corrected chi connectivity index (χ0v) is 17.5. The van der Waals surface area contributed by atoms with Crippen LogP contribution in [0.4, 0.5) is 8.78 Å². The Morgan fingerprint density at radius 1 is 1.25 bits per heavy atom. The number of hydrogen-bond donors (Lipinski definition) is 2. The molecule has 3 rings (SSSR count). The molecule has 0 unspecified atom stereocenters. The summed E-state index contributed by atoms with van der Waals surface area (Å²) in [5.74, 6) is -0.390. The first-order chi connectivity index (χ1) is 15.3. The van der Waals surface area contributed by atoms with E-state index in [0.29, 0.717) is 24.9 Å². The van der Waals surface area contributed by atoms with Crippen molar-refractivity contribution in [3.63, 3.8) is 0 Å². The molecule has 32 heavy (non-hydrogen) atoms. The smallest absolute Gasteiger partial charge is 0.387 e. The van der Waals surface area contributed by atoms with E-state index in [9.17, 15) is 23.2 Å². The summed E-state index contributed by atoms with van der Waals surface area (Å²) in [5.41, 5.74) is -0.158. The first kappa shape index (κ1) is 22.9. The molecule has 0 aliphatic carbocycles. The van der Waals surface area contributed by atoms with Gasteiger partial charge in [-0.2, -0.15) is 8.78 Å². The number of nitrogens with one attached hydrogen (secondary N) is 2. The number of nitrogens with zero attached hydrogens (tertiary/aromatic N) is 2. The van der Waals surface area contributed by atoms with Gasteiger partial charge in [-0.3, -0.25) is 19.1 Å². The number of methoxy groups -OCH3 is 1. The average Bonchev–Trinajstić information content (AvgIpc) is 2.76. The molecule has 2 aromatic heterocycles. The molecule has 9 nitrogen and oxygen atoms in total. The van der Waals surface area contributed by atoms with Gasteiger partial charge in [0.1, 0.15) is 5.65 Å². The largest absolute Gasteiger partial charge is 0.493 e. The van der Waals surface area contributed by atoms with Crippen LogP contribution in [0.25, 0.3) is 11.0 Å². The summed E-state index contributed by atoms with van der Waals surface area (Å²) in [6.07, 6.45) is 2.30. The second-order valence-electron chi connectivity index (χ2n) is 6.88. The molecule has 2 heterocycles. The maximum Gasteiger partial charge on any atom is 0.387 e. The fourth-order valence-electron chi connectivity index (χ4n) is 3.21. The topological polar surface area (TPSA) is 115 Å². The van der Waals surface area contributed by atoms with E-state index >= 15 is 0 Å². The van der Waals surface area contributed by atoms with Gasteiger partial charge in [-0.25, -0.2) is 9.78 Å². The Morgan fingerprint density at radius 3 is 2.72 bits per heavy atom. The van der Waals surface area contributed by atoms with Gasteiger partial charge in [0.05, 0.1) is 18.1 Å². The first-order valence-corrected chi connectivity index (χ1v) is 9.86. The number of aryl methyl sites for hydroxylation is 1. The third-order valence-electron chi connectivity index (χ3n) is 4.69. The molecule has 11 heteroatoms. The predicted octanol–water partition coefficient (Wildman–Crippen LogP) is 2.08. The number of ether oxygens (including phenoxy) is 2. The number of alkyl halides is 2. The highest BCUT2D eigenvalue weighted by Gasteiger charge is 2.14. The zero-order chi connectivity index (χ0) is 23.3. The minimum absolute atomic E-state index is 0.0950. The van der Waals surface area contributed by atoms with Crippen molar-refractivity contribution in [3.05, 3.63) is 62.4 Å². The van der Waals surface area contributed by atoms with Crippen LogP contribution in [-0.2, 0) is 13.0 Å². The number of amides is 1. The number of aromatic amines is 1. The summed E-state index contributed by atoms with van der Waals surface area (Å²) in [6, 6.07) is 5.98. The van der Waals surface area contributed by atoms with Crippen LogP contribution in [0.1, 0.15) is 29.3 Å². The number of H-pyrrole nitrogens is 1. The minimum Gasteiger partial charge on any atom is -0.493 e. The van der Waals surface area contributed by atoms with E-state index in [-0.39, 0.29) is 34.6 Å². The van der Waals surface area contributed by atoms with Gasteiger partial charge in [-0.15, -0.1) is 0 Å². The van der Waals surface area contributed by atoms with Crippen molar-refractivity contribution in [1.29, 1.82) is 0 Å². The van der Waals surface area contributed by atoms with Crippen LogP contribution >= 0.6 is 0 Å². The lowest BCUT2D eigenvalue weighted by molar-refractivity contribution is -0.0512. The minimum atomic E-state index is -2.99. The van der Waals surface area contributed by atoms with Crippen LogP contribution in [0.2, 0.25) is 0 Å². The van der Waals surface area contributed by atoms with Crippen molar-refractivity contribution in [1.82, 2.24) is 19.9 Å². The Kier molecular flexibility index (Phi) is 7.18. The zero-order valence-electron chi connectivity index (χ0n) is 17.5. The lowest BCUT2D eigenvalue weighted by Crippen LogP contribution is -2.31. The summed E-state index contributed by atoms with van der Waals surface area (Å²) in [5, 5.41) is 2.83. The van der Waals surface area contributed by atoms with Crippen molar-refractivity contribution < 1.29 is 23.0 Å². The highest BCUT2D eigenvalue weighted by molar-refractivity contribution is 5.96. The fraction of sp³-hybridized carbons (Fsp3) is 0.333. The van der Waals surface area contributed by atoms with Gasteiger partial charge in [-0.05, 0) is 36.6 Å². The van der Waals surface area contributed by atoms with Crippen LogP contribution < -0.4 is 26.0 Å². The number of pyridine rings is 1. The quantitative estimate of drug-likeness (QED) is 0.518. The summed E-state index contributed by atoms with van der Waals surface area (Å²) in [7, 11) is 1.35. The van der Waals surface area contributed by atoms with Gasteiger partial charge >= 0.3 is 12.3 Å². The molecule has 1 aromatic carbocycles.